The molecule has 0 aliphatic rings. The Kier molecular flexibility index (Phi) is 4.96. The van der Waals surface area contributed by atoms with Crippen molar-refractivity contribution in [3.05, 3.63) is 69.6 Å². The Bertz CT molecular complexity index is 875. The molecule has 0 amide bonds. The lowest BCUT2D eigenvalue weighted by Crippen LogP contribution is -2.11. The van der Waals surface area contributed by atoms with Gasteiger partial charge >= 0.3 is 5.63 Å². The van der Waals surface area contributed by atoms with E-state index in [2.05, 4.69) is 13.2 Å². The van der Waals surface area contributed by atoms with E-state index in [1.54, 1.807) is 25.1 Å². The minimum absolute atomic E-state index is 0.00673. The summed E-state index contributed by atoms with van der Waals surface area (Å²) in [4.78, 5) is 12.3. The van der Waals surface area contributed by atoms with Gasteiger partial charge in [-0.3, -0.25) is 0 Å². The highest BCUT2D eigenvalue weighted by molar-refractivity contribution is 6.30. The van der Waals surface area contributed by atoms with Gasteiger partial charge in [0.15, 0.2) is 0 Å². The first-order chi connectivity index (χ1) is 10.9. The highest BCUT2D eigenvalue weighted by atomic mass is 35.5. The number of rotatable bonds is 5. The smallest absolute Gasteiger partial charge is 0.340 e. The van der Waals surface area contributed by atoms with Crippen molar-refractivity contribution in [2.24, 2.45) is 0 Å². The predicted octanol–water partition coefficient (Wildman–Crippen LogP) is 4.22. The van der Waals surface area contributed by atoms with Gasteiger partial charge in [-0.2, -0.15) is 0 Å². The van der Waals surface area contributed by atoms with Gasteiger partial charge in [0.1, 0.15) is 17.1 Å². The number of allylic oxidation sites excluding steroid dienone is 4. The Morgan fingerprint density at radius 1 is 1.48 bits per heavy atom. The number of phenolic OH excluding ortho intramolecular Hbond substituents is 1. The lowest BCUT2D eigenvalue weighted by Gasteiger charge is -2.11. The van der Waals surface area contributed by atoms with Gasteiger partial charge in [-0.1, -0.05) is 30.8 Å². The molecule has 0 aliphatic carbocycles. The second-order valence-electron chi connectivity index (χ2n) is 5.06. The minimum Gasteiger partial charge on any atom is -0.507 e. The summed E-state index contributed by atoms with van der Waals surface area (Å²) in [5.41, 5.74) is 1.61. The van der Waals surface area contributed by atoms with Crippen LogP contribution in [0.2, 0.25) is 0 Å². The maximum atomic E-state index is 12.3. The molecule has 0 saturated heterocycles. The average Bonchev–Trinajstić information content (AvgIpc) is 2.48. The number of hydrogen-bond acceptors (Lipinski definition) is 4. The fourth-order valence-electron chi connectivity index (χ4n) is 2.41. The van der Waals surface area contributed by atoms with E-state index in [-0.39, 0.29) is 17.8 Å². The van der Waals surface area contributed by atoms with E-state index < -0.39 is 5.63 Å². The number of fused-ring (bicyclic) bond motifs is 1. The number of methoxy groups -OCH3 is 1. The van der Waals surface area contributed by atoms with Crippen LogP contribution in [0.5, 0.6) is 11.5 Å². The SMILES string of the molecule is C=C/C(=C\C(=C)Cl)Cc1c(C)c2c(O)cc(OC)cc2oc1=O. The Labute approximate surface area is 139 Å². The van der Waals surface area contributed by atoms with Gasteiger partial charge in [0.2, 0.25) is 0 Å². The molecular formula is C18H17ClO4. The van der Waals surface area contributed by atoms with Crippen molar-refractivity contribution in [3.8, 4) is 11.5 Å². The van der Waals surface area contributed by atoms with E-state index in [0.717, 1.165) is 5.57 Å². The van der Waals surface area contributed by atoms with Crippen LogP contribution in [0, 0.1) is 6.92 Å². The summed E-state index contributed by atoms with van der Waals surface area (Å²) in [5.74, 6) is 0.406. The predicted molar refractivity (Wildman–Crippen MR) is 92.4 cm³/mol. The number of aromatic hydroxyl groups is 1. The molecule has 0 radical (unpaired) electrons. The normalized spacial score (nSPS) is 11.5. The lowest BCUT2D eigenvalue weighted by molar-refractivity contribution is 0.407. The van der Waals surface area contributed by atoms with Crippen molar-refractivity contribution in [3.63, 3.8) is 0 Å². The van der Waals surface area contributed by atoms with E-state index in [9.17, 15) is 9.90 Å². The molecule has 5 heteroatoms. The van der Waals surface area contributed by atoms with Gasteiger partial charge in [0.05, 0.1) is 12.5 Å². The number of aryl methyl sites for hydroxylation is 1. The molecule has 0 atom stereocenters. The van der Waals surface area contributed by atoms with Crippen molar-refractivity contribution in [2.75, 3.05) is 7.11 Å². The van der Waals surface area contributed by atoms with E-state index in [0.29, 0.717) is 27.3 Å². The third-order valence-electron chi connectivity index (χ3n) is 3.55. The molecule has 2 aromatic rings. The minimum atomic E-state index is -0.476. The molecule has 1 aromatic heterocycles. The Morgan fingerprint density at radius 3 is 2.74 bits per heavy atom. The highest BCUT2D eigenvalue weighted by Gasteiger charge is 2.16. The fraction of sp³-hybridized carbons (Fsp3) is 0.167. The topological polar surface area (TPSA) is 59.7 Å². The van der Waals surface area contributed by atoms with Crippen LogP contribution in [0.1, 0.15) is 11.1 Å². The molecule has 0 spiro atoms. The van der Waals surface area contributed by atoms with Crippen molar-refractivity contribution < 1.29 is 14.3 Å². The fourth-order valence-corrected chi connectivity index (χ4v) is 2.55. The van der Waals surface area contributed by atoms with Gasteiger partial charge in [0.25, 0.3) is 0 Å². The second-order valence-corrected chi connectivity index (χ2v) is 5.55. The molecule has 4 nitrogen and oxygen atoms in total. The summed E-state index contributed by atoms with van der Waals surface area (Å²) >= 11 is 5.78. The zero-order chi connectivity index (χ0) is 17.1. The molecule has 0 unspecified atom stereocenters. The Morgan fingerprint density at radius 2 is 2.17 bits per heavy atom. The Hall–Kier alpha value is -2.46. The van der Waals surface area contributed by atoms with Gasteiger partial charge in [-0.15, -0.1) is 0 Å². The molecule has 1 N–H and O–H groups in total. The summed E-state index contributed by atoms with van der Waals surface area (Å²) in [6, 6.07) is 3.04. The molecule has 23 heavy (non-hydrogen) atoms. The molecule has 1 heterocycles. The van der Waals surface area contributed by atoms with Crippen molar-refractivity contribution in [1.82, 2.24) is 0 Å². The number of halogens is 1. The number of phenols is 1. The van der Waals surface area contributed by atoms with Crippen molar-refractivity contribution in [1.29, 1.82) is 0 Å². The van der Waals surface area contributed by atoms with Crippen molar-refractivity contribution in [2.45, 2.75) is 13.3 Å². The molecular weight excluding hydrogens is 316 g/mol. The second kappa shape index (κ2) is 6.75. The van der Waals surface area contributed by atoms with E-state index in [4.69, 9.17) is 20.8 Å². The van der Waals surface area contributed by atoms with Crippen LogP contribution in [-0.2, 0) is 6.42 Å². The number of hydrogen-bond donors (Lipinski definition) is 1. The van der Waals surface area contributed by atoms with Crippen LogP contribution in [-0.4, -0.2) is 12.2 Å². The quantitative estimate of drug-likeness (QED) is 0.657. The molecule has 120 valence electrons. The lowest BCUT2D eigenvalue weighted by atomic mass is 9.99. The molecule has 0 aliphatic heterocycles. The highest BCUT2D eigenvalue weighted by Crippen LogP contribution is 2.33. The number of benzene rings is 1. The standard InChI is InChI=1S/C18H17ClO4/c1-5-12(6-10(2)19)7-14-11(3)17-15(20)8-13(22-4)9-16(17)23-18(14)21/h5-6,8-9,20H,1-2,7H2,3-4H3/b12-6+. The van der Waals surface area contributed by atoms with E-state index >= 15 is 0 Å². The zero-order valence-electron chi connectivity index (χ0n) is 13.0. The molecule has 2 rings (SSSR count). The Balaban J connectivity index is 2.67. The first-order valence-corrected chi connectivity index (χ1v) is 7.25. The molecule has 0 fully saturated rings. The molecule has 0 bridgehead atoms. The third kappa shape index (κ3) is 3.48. The van der Waals surface area contributed by atoms with Crippen LogP contribution in [0.25, 0.3) is 11.0 Å². The largest absolute Gasteiger partial charge is 0.507 e. The zero-order valence-corrected chi connectivity index (χ0v) is 13.7. The summed E-state index contributed by atoms with van der Waals surface area (Å²) in [5, 5.41) is 11.0. The maximum absolute atomic E-state index is 12.3. The number of ether oxygens (including phenoxy) is 1. The average molecular weight is 333 g/mol. The summed E-state index contributed by atoms with van der Waals surface area (Å²) < 4.78 is 10.4. The first-order valence-electron chi connectivity index (χ1n) is 6.88. The maximum Gasteiger partial charge on any atom is 0.340 e. The van der Waals surface area contributed by atoms with Gasteiger partial charge in [-0.05, 0) is 24.1 Å². The summed E-state index contributed by atoms with van der Waals surface area (Å²) in [6.07, 6.45) is 3.51. The van der Waals surface area contributed by atoms with Crippen LogP contribution in [0.3, 0.4) is 0 Å². The van der Waals surface area contributed by atoms with Crippen LogP contribution in [0.15, 0.2) is 57.3 Å². The van der Waals surface area contributed by atoms with Gasteiger partial charge in [-0.25, -0.2) is 4.79 Å². The van der Waals surface area contributed by atoms with Crippen LogP contribution >= 0.6 is 11.6 Å². The third-order valence-corrected chi connectivity index (χ3v) is 3.66. The summed E-state index contributed by atoms with van der Waals surface area (Å²) in [6.45, 7) is 9.06. The van der Waals surface area contributed by atoms with E-state index in [1.807, 2.05) is 0 Å². The van der Waals surface area contributed by atoms with Crippen LogP contribution in [0.4, 0.5) is 0 Å². The molecule has 1 aromatic carbocycles. The van der Waals surface area contributed by atoms with Crippen molar-refractivity contribution >= 4 is 22.6 Å². The van der Waals surface area contributed by atoms with E-state index in [1.165, 1.54) is 13.2 Å². The molecule has 0 saturated carbocycles. The first kappa shape index (κ1) is 16.9. The monoisotopic (exact) mass is 332 g/mol. The van der Waals surface area contributed by atoms with Gasteiger partial charge in [0, 0.05) is 29.1 Å². The summed E-state index contributed by atoms with van der Waals surface area (Å²) in [7, 11) is 1.47. The van der Waals surface area contributed by atoms with Gasteiger partial charge < -0.3 is 14.3 Å². The van der Waals surface area contributed by atoms with Crippen LogP contribution < -0.4 is 10.4 Å².